The predicted molar refractivity (Wildman–Crippen MR) is 63.8 cm³/mol. The van der Waals surface area contributed by atoms with E-state index in [0.29, 0.717) is 11.2 Å². The van der Waals surface area contributed by atoms with Gasteiger partial charge in [-0.2, -0.15) is 0 Å². The van der Waals surface area contributed by atoms with Crippen LogP contribution >= 0.6 is 0 Å². The first kappa shape index (κ1) is 13.0. The van der Waals surface area contributed by atoms with Gasteiger partial charge in [-0.1, -0.05) is 20.3 Å². The molecular formula is C11H23NO2S. The van der Waals surface area contributed by atoms with Crippen LogP contribution in [-0.2, 0) is 9.84 Å². The second-order valence-electron chi connectivity index (χ2n) is 4.93. The molecule has 0 amide bonds. The first-order valence-corrected chi connectivity index (χ1v) is 7.71. The largest absolute Gasteiger partial charge is 0.316 e. The highest BCUT2D eigenvalue weighted by molar-refractivity contribution is 7.91. The minimum Gasteiger partial charge on any atom is -0.316 e. The van der Waals surface area contributed by atoms with E-state index in [9.17, 15) is 8.42 Å². The van der Waals surface area contributed by atoms with Crippen LogP contribution in [-0.4, -0.2) is 33.0 Å². The van der Waals surface area contributed by atoms with E-state index in [1.165, 1.54) is 19.3 Å². The molecule has 0 heterocycles. The van der Waals surface area contributed by atoms with E-state index in [1.807, 2.05) is 0 Å². The second-order valence-corrected chi connectivity index (χ2v) is 7.40. The van der Waals surface area contributed by atoms with Gasteiger partial charge >= 0.3 is 0 Å². The minimum atomic E-state index is -2.77. The molecule has 0 radical (unpaired) electrons. The Hall–Kier alpha value is -0.0900. The van der Waals surface area contributed by atoms with Gasteiger partial charge in [-0.25, -0.2) is 8.42 Å². The van der Waals surface area contributed by atoms with Crippen LogP contribution in [0, 0.1) is 5.41 Å². The van der Waals surface area contributed by atoms with E-state index in [0.717, 1.165) is 19.5 Å². The van der Waals surface area contributed by atoms with Crippen LogP contribution in [0.25, 0.3) is 0 Å². The highest BCUT2D eigenvalue weighted by Crippen LogP contribution is 2.39. The molecule has 1 N–H and O–H groups in total. The number of rotatable bonds is 7. The Labute approximate surface area is 93.6 Å². The highest BCUT2D eigenvalue weighted by atomic mass is 32.2. The van der Waals surface area contributed by atoms with Gasteiger partial charge < -0.3 is 5.32 Å². The molecule has 0 bridgehead atoms. The molecule has 0 aromatic carbocycles. The number of sulfone groups is 1. The van der Waals surface area contributed by atoms with E-state index >= 15 is 0 Å². The highest BCUT2D eigenvalue weighted by Gasteiger charge is 2.30. The second kappa shape index (κ2) is 5.30. The van der Waals surface area contributed by atoms with Gasteiger partial charge in [0.1, 0.15) is 9.84 Å². The van der Waals surface area contributed by atoms with E-state index < -0.39 is 9.84 Å². The summed E-state index contributed by atoms with van der Waals surface area (Å²) >= 11 is 0. The fraction of sp³-hybridized carbons (Fsp3) is 1.00. The molecular weight excluding hydrogens is 210 g/mol. The smallest absolute Gasteiger partial charge is 0.150 e. The summed E-state index contributed by atoms with van der Waals surface area (Å²) in [5.41, 5.74) is 0.490. The summed E-state index contributed by atoms with van der Waals surface area (Å²) < 4.78 is 22.4. The Morgan fingerprint density at radius 3 is 2.47 bits per heavy atom. The maximum Gasteiger partial charge on any atom is 0.150 e. The van der Waals surface area contributed by atoms with Crippen molar-refractivity contribution in [2.75, 3.05) is 24.6 Å². The van der Waals surface area contributed by atoms with Crippen LogP contribution in [0.5, 0.6) is 0 Å². The molecule has 0 aliphatic heterocycles. The van der Waals surface area contributed by atoms with Crippen molar-refractivity contribution < 1.29 is 8.42 Å². The van der Waals surface area contributed by atoms with Gasteiger partial charge in [0.15, 0.2) is 0 Å². The van der Waals surface area contributed by atoms with Gasteiger partial charge in [0.05, 0.1) is 5.75 Å². The van der Waals surface area contributed by atoms with Gasteiger partial charge in [0.25, 0.3) is 0 Å². The van der Waals surface area contributed by atoms with E-state index in [-0.39, 0.29) is 5.75 Å². The van der Waals surface area contributed by atoms with Crippen LogP contribution in [0.2, 0.25) is 0 Å². The molecule has 3 nitrogen and oxygen atoms in total. The van der Waals surface area contributed by atoms with Crippen molar-refractivity contribution in [2.24, 2.45) is 5.41 Å². The Bertz CT molecular complexity index is 281. The van der Waals surface area contributed by atoms with Gasteiger partial charge in [0.2, 0.25) is 0 Å². The van der Waals surface area contributed by atoms with Crippen molar-refractivity contribution in [2.45, 2.75) is 39.5 Å². The quantitative estimate of drug-likeness (QED) is 0.679. The zero-order valence-corrected chi connectivity index (χ0v) is 10.7. The predicted octanol–water partition coefficient (Wildman–Crippen LogP) is 1.59. The van der Waals surface area contributed by atoms with Crippen LogP contribution < -0.4 is 5.32 Å². The summed E-state index contributed by atoms with van der Waals surface area (Å²) in [7, 11) is -2.77. The third kappa shape index (κ3) is 4.51. The fourth-order valence-corrected chi connectivity index (χ4v) is 2.78. The molecule has 0 spiro atoms. The normalized spacial score (nSPS) is 19.9. The van der Waals surface area contributed by atoms with E-state index in [1.54, 1.807) is 6.92 Å². The van der Waals surface area contributed by atoms with Crippen molar-refractivity contribution in [3.63, 3.8) is 0 Å². The van der Waals surface area contributed by atoms with Gasteiger partial charge in [-0.05, 0) is 31.2 Å². The van der Waals surface area contributed by atoms with Crippen LogP contribution in [0.4, 0.5) is 0 Å². The molecule has 0 aromatic rings. The summed E-state index contributed by atoms with van der Waals surface area (Å²) in [5.74, 6) is 0.595. The lowest BCUT2D eigenvalue weighted by molar-refractivity contribution is 0.157. The van der Waals surface area contributed by atoms with Crippen LogP contribution in [0.15, 0.2) is 0 Å². The summed E-state index contributed by atoms with van der Waals surface area (Å²) in [6.07, 6.45) is 4.72. The molecule has 15 heavy (non-hydrogen) atoms. The van der Waals surface area contributed by atoms with Crippen molar-refractivity contribution in [3.8, 4) is 0 Å². The standard InChI is InChI=1S/C11H23NO2S/c1-3-15(13,14)9-5-8-12-10-11(2)6-4-7-11/h12H,3-10H2,1-2H3. The van der Waals surface area contributed by atoms with Crippen molar-refractivity contribution in [1.82, 2.24) is 5.32 Å². The molecule has 1 aliphatic carbocycles. The zero-order valence-electron chi connectivity index (χ0n) is 9.88. The van der Waals surface area contributed by atoms with Crippen molar-refractivity contribution >= 4 is 9.84 Å². The average molecular weight is 233 g/mol. The van der Waals surface area contributed by atoms with E-state index in [4.69, 9.17) is 0 Å². The first-order valence-electron chi connectivity index (χ1n) is 5.89. The summed E-state index contributed by atoms with van der Waals surface area (Å²) in [4.78, 5) is 0. The minimum absolute atomic E-state index is 0.269. The molecule has 1 rings (SSSR count). The lowest BCUT2D eigenvalue weighted by Gasteiger charge is -2.38. The number of hydrogen-bond donors (Lipinski definition) is 1. The van der Waals surface area contributed by atoms with Crippen molar-refractivity contribution in [1.29, 1.82) is 0 Å². The molecule has 0 atom stereocenters. The SMILES string of the molecule is CCS(=O)(=O)CCCNCC1(C)CCC1. The molecule has 1 aliphatic rings. The maximum absolute atomic E-state index is 11.2. The number of hydrogen-bond acceptors (Lipinski definition) is 3. The molecule has 4 heteroatoms. The first-order chi connectivity index (χ1) is 6.97. The van der Waals surface area contributed by atoms with Crippen molar-refractivity contribution in [3.05, 3.63) is 0 Å². The fourth-order valence-electron chi connectivity index (χ4n) is 1.91. The lowest BCUT2D eigenvalue weighted by Crippen LogP contribution is -2.37. The van der Waals surface area contributed by atoms with Crippen LogP contribution in [0.1, 0.15) is 39.5 Å². The Morgan fingerprint density at radius 2 is 2.00 bits per heavy atom. The summed E-state index contributed by atoms with van der Waals surface area (Å²) in [6.45, 7) is 5.87. The molecule has 0 unspecified atom stereocenters. The number of nitrogens with one attached hydrogen (secondary N) is 1. The summed E-state index contributed by atoms with van der Waals surface area (Å²) in [6, 6.07) is 0. The maximum atomic E-state index is 11.2. The zero-order chi connectivity index (χ0) is 11.4. The third-order valence-electron chi connectivity index (χ3n) is 3.36. The molecule has 1 fully saturated rings. The monoisotopic (exact) mass is 233 g/mol. The Kier molecular flexibility index (Phi) is 4.59. The summed E-state index contributed by atoms with van der Waals surface area (Å²) in [5, 5.41) is 3.36. The van der Waals surface area contributed by atoms with Gasteiger partial charge in [0, 0.05) is 12.3 Å². The molecule has 0 aromatic heterocycles. The Morgan fingerprint density at radius 1 is 1.33 bits per heavy atom. The topological polar surface area (TPSA) is 46.2 Å². The van der Waals surface area contributed by atoms with Gasteiger partial charge in [-0.15, -0.1) is 0 Å². The third-order valence-corrected chi connectivity index (χ3v) is 5.15. The molecule has 0 saturated heterocycles. The van der Waals surface area contributed by atoms with E-state index in [2.05, 4.69) is 12.2 Å². The Balaban J connectivity index is 2.02. The van der Waals surface area contributed by atoms with Crippen LogP contribution in [0.3, 0.4) is 0 Å². The average Bonchev–Trinajstić information content (AvgIpc) is 2.14. The molecule has 90 valence electrons. The lowest BCUT2D eigenvalue weighted by atomic mass is 9.70. The van der Waals surface area contributed by atoms with Gasteiger partial charge in [-0.3, -0.25) is 0 Å². The molecule has 1 saturated carbocycles.